The van der Waals surface area contributed by atoms with Crippen molar-refractivity contribution in [3.8, 4) is 0 Å². The van der Waals surface area contributed by atoms with Crippen LogP contribution in [0.4, 0.5) is 0 Å². The molecule has 4 atom stereocenters. The quantitative estimate of drug-likeness (QED) is 0.569. The lowest BCUT2D eigenvalue weighted by atomic mass is 9.82. The normalized spacial score (nSPS) is 33.5. The van der Waals surface area contributed by atoms with Crippen molar-refractivity contribution in [2.45, 2.75) is 52.6 Å². The second kappa shape index (κ2) is 5.54. The molecular formula is C15H22O5. The van der Waals surface area contributed by atoms with Gasteiger partial charge in [-0.3, -0.25) is 14.4 Å². The molecule has 0 N–H and O–H groups in total. The van der Waals surface area contributed by atoms with Crippen molar-refractivity contribution in [3.63, 3.8) is 0 Å². The zero-order valence-electron chi connectivity index (χ0n) is 12.3. The number of carbonyl (C=O) groups excluding carboxylic acids is 3. The Morgan fingerprint density at radius 2 is 2.15 bits per heavy atom. The van der Waals surface area contributed by atoms with Crippen LogP contribution in [0.15, 0.2) is 0 Å². The van der Waals surface area contributed by atoms with Gasteiger partial charge in [0, 0.05) is 17.8 Å². The van der Waals surface area contributed by atoms with E-state index in [1.807, 2.05) is 13.8 Å². The van der Waals surface area contributed by atoms with E-state index in [1.165, 1.54) is 0 Å². The van der Waals surface area contributed by atoms with Crippen LogP contribution in [-0.4, -0.2) is 30.4 Å². The largest absolute Gasteiger partial charge is 0.465 e. The summed E-state index contributed by atoms with van der Waals surface area (Å²) in [4.78, 5) is 34.5. The van der Waals surface area contributed by atoms with Crippen molar-refractivity contribution >= 4 is 17.7 Å². The van der Waals surface area contributed by atoms with Gasteiger partial charge in [-0.2, -0.15) is 0 Å². The third kappa shape index (κ3) is 2.86. The van der Waals surface area contributed by atoms with Crippen molar-refractivity contribution in [2.75, 3.05) is 6.61 Å². The van der Waals surface area contributed by atoms with Gasteiger partial charge in [0.2, 0.25) is 0 Å². The summed E-state index contributed by atoms with van der Waals surface area (Å²) in [6.07, 6.45) is 1.40. The van der Waals surface area contributed by atoms with Gasteiger partial charge in [0.15, 0.2) is 0 Å². The van der Waals surface area contributed by atoms with E-state index in [4.69, 9.17) is 9.47 Å². The lowest BCUT2D eigenvalue weighted by Crippen LogP contribution is -2.33. The van der Waals surface area contributed by atoms with E-state index in [9.17, 15) is 14.4 Å². The molecule has 0 spiro atoms. The average Bonchev–Trinajstić information content (AvgIpc) is 2.89. The maximum Gasteiger partial charge on any atom is 0.313 e. The molecular weight excluding hydrogens is 260 g/mol. The summed E-state index contributed by atoms with van der Waals surface area (Å²) < 4.78 is 10.4. The fraction of sp³-hybridized carbons (Fsp3) is 0.800. The van der Waals surface area contributed by atoms with Gasteiger partial charge in [-0.15, -0.1) is 0 Å². The highest BCUT2D eigenvalue weighted by Gasteiger charge is 2.53. The smallest absolute Gasteiger partial charge is 0.313 e. The number of hydrogen-bond acceptors (Lipinski definition) is 5. The summed E-state index contributed by atoms with van der Waals surface area (Å²) in [6, 6.07) is 0. The maximum absolute atomic E-state index is 11.7. The standard InChI is InChI=1S/C15H22O5/c1-4-11(16)5-13(17)20-9(2)15(3)6-10-8-19-14(18)12(10)7-15/h9-10,12H,4-8H2,1-3H3. The first-order chi connectivity index (χ1) is 9.35. The molecule has 2 aliphatic rings. The molecule has 0 aromatic carbocycles. The number of cyclic esters (lactones) is 1. The van der Waals surface area contributed by atoms with Gasteiger partial charge >= 0.3 is 11.9 Å². The molecule has 0 aromatic heterocycles. The molecule has 1 heterocycles. The zero-order valence-corrected chi connectivity index (χ0v) is 12.3. The number of carbonyl (C=O) groups is 3. The van der Waals surface area contributed by atoms with E-state index in [0.717, 1.165) is 6.42 Å². The lowest BCUT2D eigenvalue weighted by Gasteiger charge is -2.31. The molecule has 5 heteroatoms. The average molecular weight is 282 g/mol. The summed E-state index contributed by atoms with van der Waals surface area (Å²) in [6.45, 7) is 6.09. The van der Waals surface area contributed by atoms with Crippen molar-refractivity contribution in [1.82, 2.24) is 0 Å². The molecule has 0 amide bonds. The topological polar surface area (TPSA) is 69.7 Å². The molecule has 2 rings (SSSR count). The molecule has 20 heavy (non-hydrogen) atoms. The zero-order chi connectivity index (χ0) is 14.9. The number of ether oxygens (including phenoxy) is 2. The SMILES string of the molecule is CCC(=O)CC(=O)OC(C)C1(C)CC2COC(=O)C2C1. The first-order valence-corrected chi connectivity index (χ1v) is 7.23. The van der Waals surface area contributed by atoms with Crippen LogP contribution in [0, 0.1) is 17.3 Å². The van der Waals surface area contributed by atoms with Crippen LogP contribution in [0.1, 0.15) is 46.5 Å². The molecule has 0 radical (unpaired) electrons. The third-order valence-corrected chi connectivity index (χ3v) is 4.75. The molecule has 1 aliphatic heterocycles. The van der Waals surface area contributed by atoms with Gasteiger partial charge in [-0.05, 0) is 19.8 Å². The highest BCUT2D eigenvalue weighted by atomic mass is 16.5. The van der Waals surface area contributed by atoms with Crippen LogP contribution in [0.2, 0.25) is 0 Å². The van der Waals surface area contributed by atoms with Gasteiger partial charge in [-0.1, -0.05) is 13.8 Å². The summed E-state index contributed by atoms with van der Waals surface area (Å²) in [5.41, 5.74) is -0.209. The number of hydrogen-bond donors (Lipinski definition) is 0. The van der Waals surface area contributed by atoms with Crippen LogP contribution < -0.4 is 0 Å². The Bertz CT molecular complexity index is 430. The number of rotatable bonds is 5. The summed E-state index contributed by atoms with van der Waals surface area (Å²) >= 11 is 0. The second-order valence-corrected chi connectivity index (χ2v) is 6.26. The molecule has 2 fully saturated rings. The first kappa shape index (κ1) is 15.0. The van der Waals surface area contributed by atoms with Gasteiger partial charge in [0.1, 0.15) is 18.3 Å². The maximum atomic E-state index is 11.7. The van der Waals surface area contributed by atoms with Crippen molar-refractivity contribution in [1.29, 1.82) is 0 Å². The third-order valence-electron chi connectivity index (χ3n) is 4.75. The molecule has 0 bridgehead atoms. The Labute approximate surface area is 119 Å². The van der Waals surface area contributed by atoms with Crippen LogP contribution in [-0.2, 0) is 23.9 Å². The monoisotopic (exact) mass is 282 g/mol. The van der Waals surface area contributed by atoms with Crippen LogP contribution in [0.5, 0.6) is 0 Å². The van der Waals surface area contributed by atoms with Gasteiger partial charge < -0.3 is 9.47 Å². The minimum Gasteiger partial charge on any atom is -0.465 e. The number of Topliss-reactive ketones (excluding diaryl/α,β-unsaturated/α-hetero) is 1. The van der Waals surface area contributed by atoms with E-state index in [0.29, 0.717) is 19.4 Å². The van der Waals surface area contributed by atoms with Crippen molar-refractivity contribution in [3.05, 3.63) is 0 Å². The summed E-state index contributed by atoms with van der Waals surface area (Å²) in [7, 11) is 0. The number of esters is 2. The predicted octanol–water partition coefficient (Wildman–Crippen LogP) is 1.88. The van der Waals surface area contributed by atoms with Gasteiger partial charge in [0.05, 0.1) is 12.5 Å². The number of ketones is 1. The molecule has 4 unspecified atom stereocenters. The van der Waals surface area contributed by atoms with Gasteiger partial charge in [0.25, 0.3) is 0 Å². The molecule has 1 aliphatic carbocycles. The van der Waals surface area contributed by atoms with E-state index >= 15 is 0 Å². The molecule has 1 saturated heterocycles. The lowest BCUT2D eigenvalue weighted by molar-refractivity contribution is -0.156. The first-order valence-electron chi connectivity index (χ1n) is 7.23. The Morgan fingerprint density at radius 3 is 2.75 bits per heavy atom. The summed E-state index contributed by atoms with van der Waals surface area (Å²) in [5, 5.41) is 0. The van der Waals surface area contributed by atoms with Gasteiger partial charge in [-0.25, -0.2) is 0 Å². The van der Waals surface area contributed by atoms with E-state index in [2.05, 4.69) is 0 Å². The van der Waals surface area contributed by atoms with Crippen molar-refractivity contribution in [2.24, 2.45) is 17.3 Å². The second-order valence-electron chi connectivity index (χ2n) is 6.26. The minimum absolute atomic E-state index is 0.0570. The predicted molar refractivity (Wildman–Crippen MR) is 70.7 cm³/mol. The highest BCUT2D eigenvalue weighted by molar-refractivity contribution is 5.95. The van der Waals surface area contributed by atoms with E-state index in [-0.39, 0.29) is 41.5 Å². The minimum atomic E-state index is -0.467. The fourth-order valence-electron chi connectivity index (χ4n) is 3.24. The Morgan fingerprint density at radius 1 is 1.45 bits per heavy atom. The van der Waals surface area contributed by atoms with Crippen LogP contribution >= 0.6 is 0 Å². The Balaban J connectivity index is 1.92. The van der Waals surface area contributed by atoms with E-state index < -0.39 is 5.97 Å². The molecule has 0 aromatic rings. The Hall–Kier alpha value is -1.39. The van der Waals surface area contributed by atoms with Crippen molar-refractivity contribution < 1.29 is 23.9 Å². The molecule has 1 saturated carbocycles. The Kier molecular flexibility index (Phi) is 4.16. The fourth-order valence-corrected chi connectivity index (χ4v) is 3.24. The molecule has 112 valence electrons. The number of fused-ring (bicyclic) bond motifs is 1. The summed E-state index contributed by atoms with van der Waals surface area (Å²) in [5.74, 6) is -0.521. The van der Waals surface area contributed by atoms with Crippen LogP contribution in [0.25, 0.3) is 0 Å². The van der Waals surface area contributed by atoms with E-state index in [1.54, 1.807) is 6.92 Å². The van der Waals surface area contributed by atoms with Crippen LogP contribution in [0.3, 0.4) is 0 Å². The molecule has 5 nitrogen and oxygen atoms in total. The highest BCUT2D eigenvalue weighted by Crippen LogP contribution is 2.51.